The van der Waals surface area contributed by atoms with Crippen molar-refractivity contribution in [3.8, 4) is 0 Å². The fourth-order valence-corrected chi connectivity index (χ4v) is 3.62. The van der Waals surface area contributed by atoms with Gasteiger partial charge in [-0.05, 0) is 47.6 Å². The van der Waals surface area contributed by atoms with Gasteiger partial charge in [0.15, 0.2) is 6.61 Å². The molecule has 0 saturated heterocycles. The third-order valence-electron chi connectivity index (χ3n) is 3.49. The number of hydrogen-bond acceptors (Lipinski definition) is 6. The second-order valence-electron chi connectivity index (χ2n) is 5.31. The number of sulfonamides is 1. The van der Waals surface area contributed by atoms with Crippen molar-refractivity contribution in [2.24, 2.45) is 0 Å². The van der Waals surface area contributed by atoms with Crippen LogP contribution in [0.4, 0.5) is 0 Å². The van der Waals surface area contributed by atoms with Crippen LogP contribution < -0.4 is 4.72 Å². The van der Waals surface area contributed by atoms with Gasteiger partial charge in [0.2, 0.25) is 10.0 Å². The number of nitrogens with zero attached hydrogens (tertiary/aromatic N) is 1. The van der Waals surface area contributed by atoms with Crippen molar-refractivity contribution in [2.75, 3.05) is 20.7 Å². The van der Waals surface area contributed by atoms with Crippen molar-refractivity contribution >= 4 is 44.8 Å². The molecule has 0 unspecified atom stereocenters. The first-order valence-electron chi connectivity index (χ1n) is 7.40. The van der Waals surface area contributed by atoms with Crippen LogP contribution in [0.5, 0.6) is 0 Å². The summed E-state index contributed by atoms with van der Waals surface area (Å²) in [5.41, 5.74) is 0.849. The Hall–Kier alpha value is -1.94. The number of halogens is 1. The van der Waals surface area contributed by atoms with E-state index in [4.69, 9.17) is 16.3 Å². The molecule has 1 heterocycles. The monoisotopic (exact) mass is 416 g/mol. The molecule has 1 aromatic carbocycles. The van der Waals surface area contributed by atoms with Crippen LogP contribution >= 0.6 is 22.9 Å². The summed E-state index contributed by atoms with van der Waals surface area (Å²) in [7, 11) is -0.883. The number of thiophene rings is 1. The zero-order chi connectivity index (χ0) is 19.3. The number of amides is 1. The highest BCUT2D eigenvalue weighted by Gasteiger charge is 2.20. The number of carbonyl (C=O) groups is 2. The van der Waals surface area contributed by atoms with Crippen LogP contribution in [0.3, 0.4) is 0 Å². The lowest BCUT2D eigenvalue weighted by molar-refractivity contribution is -0.133. The molecule has 1 N–H and O–H groups in total. The first-order chi connectivity index (χ1) is 12.2. The number of benzene rings is 1. The van der Waals surface area contributed by atoms with E-state index in [1.54, 1.807) is 7.05 Å². The van der Waals surface area contributed by atoms with Crippen molar-refractivity contribution in [1.29, 1.82) is 0 Å². The summed E-state index contributed by atoms with van der Waals surface area (Å²) in [5, 5.41) is 3.86. The Kier molecular flexibility index (Phi) is 6.76. The van der Waals surface area contributed by atoms with Gasteiger partial charge in [0, 0.05) is 13.6 Å². The Labute approximate surface area is 160 Å². The molecule has 7 nitrogen and oxygen atoms in total. The minimum atomic E-state index is -3.74. The second kappa shape index (κ2) is 8.63. The van der Waals surface area contributed by atoms with Gasteiger partial charge in [-0.3, -0.25) is 4.79 Å². The van der Waals surface area contributed by atoms with E-state index in [0.717, 1.165) is 11.6 Å². The highest BCUT2D eigenvalue weighted by Crippen LogP contribution is 2.21. The predicted octanol–water partition coefficient (Wildman–Crippen LogP) is 2.12. The maximum absolute atomic E-state index is 12.2. The molecule has 0 saturated carbocycles. The predicted molar refractivity (Wildman–Crippen MR) is 98.8 cm³/mol. The lowest BCUT2D eigenvalue weighted by Crippen LogP contribution is -2.30. The lowest BCUT2D eigenvalue weighted by atomic mass is 10.2. The van der Waals surface area contributed by atoms with E-state index in [1.165, 1.54) is 35.4 Å². The van der Waals surface area contributed by atoms with Crippen LogP contribution in [-0.2, 0) is 26.1 Å². The van der Waals surface area contributed by atoms with E-state index in [1.807, 2.05) is 16.8 Å². The number of likely N-dealkylation sites (N-methyl/N-ethyl adjacent to an activating group) is 1. The molecule has 26 heavy (non-hydrogen) atoms. The number of nitrogens with one attached hydrogen (secondary N) is 1. The third-order valence-corrected chi connectivity index (χ3v) is 5.96. The number of hydrogen-bond donors (Lipinski definition) is 1. The summed E-state index contributed by atoms with van der Waals surface area (Å²) in [6.45, 7) is -0.0741. The summed E-state index contributed by atoms with van der Waals surface area (Å²) in [5.74, 6) is -1.26. The van der Waals surface area contributed by atoms with E-state index in [-0.39, 0.29) is 21.4 Å². The molecule has 0 spiro atoms. The molecular weight excluding hydrogens is 400 g/mol. The van der Waals surface area contributed by atoms with Gasteiger partial charge in [0.1, 0.15) is 0 Å². The topological polar surface area (TPSA) is 92.8 Å². The van der Waals surface area contributed by atoms with Gasteiger partial charge < -0.3 is 9.64 Å². The quantitative estimate of drug-likeness (QED) is 0.698. The molecule has 0 radical (unpaired) electrons. The van der Waals surface area contributed by atoms with Gasteiger partial charge >= 0.3 is 5.97 Å². The maximum atomic E-state index is 12.2. The van der Waals surface area contributed by atoms with Gasteiger partial charge in [-0.25, -0.2) is 17.9 Å². The van der Waals surface area contributed by atoms with Crippen molar-refractivity contribution < 1.29 is 22.7 Å². The second-order valence-corrected chi connectivity index (χ2v) is 8.38. The molecule has 0 aliphatic heterocycles. The first-order valence-corrected chi connectivity index (χ1v) is 10.2. The minimum Gasteiger partial charge on any atom is -0.452 e. The van der Waals surface area contributed by atoms with Crippen molar-refractivity contribution in [3.63, 3.8) is 0 Å². The fraction of sp³-hybridized carbons (Fsp3) is 0.250. The lowest BCUT2D eigenvalue weighted by Gasteiger charge is -2.16. The van der Waals surface area contributed by atoms with Gasteiger partial charge in [-0.2, -0.15) is 11.3 Å². The van der Waals surface area contributed by atoms with Gasteiger partial charge in [0.05, 0.1) is 15.5 Å². The van der Waals surface area contributed by atoms with E-state index in [2.05, 4.69) is 4.72 Å². The van der Waals surface area contributed by atoms with Crippen LogP contribution in [-0.4, -0.2) is 45.9 Å². The van der Waals surface area contributed by atoms with Crippen LogP contribution in [0.1, 0.15) is 15.9 Å². The van der Waals surface area contributed by atoms with Crippen molar-refractivity contribution in [3.05, 3.63) is 51.2 Å². The van der Waals surface area contributed by atoms with E-state index >= 15 is 0 Å². The highest BCUT2D eigenvalue weighted by molar-refractivity contribution is 7.89. The van der Waals surface area contributed by atoms with E-state index < -0.39 is 22.6 Å². The number of rotatable bonds is 7. The molecule has 140 valence electrons. The molecule has 0 atom stereocenters. The number of ether oxygens (including phenoxy) is 1. The smallest absolute Gasteiger partial charge is 0.340 e. The average Bonchev–Trinajstić information content (AvgIpc) is 3.12. The summed E-state index contributed by atoms with van der Waals surface area (Å²) < 4.78 is 30.8. The normalized spacial score (nSPS) is 11.2. The Bertz CT molecular complexity index is 897. The van der Waals surface area contributed by atoms with Crippen LogP contribution in [0.2, 0.25) is 5.02 Å². The van der Waals surface area contributed by atoms with Gasteiger partial charge in [-0.1, -0.05) is 11.6 Å². The fourth-order valence-electron chi connectivity index (χ4n) is 2.01. The Morgan fingerprint density at radius 3 is 2.65 bits per heavy atom. The highest BCUT2D eigenvalue weighted by atomic mass is 35.5. The molecule has 0 aliphatic carbocycles. The molecule has 0 aliphatic rings. The molecule has 0 fully saturated rings. The standard InChI is InChI=1S/C16H17ClN2O5S2/c1-18-26(22,23)12-3-4-14(17)13(7-12)16(21)24-9-15(20)19(2)8-11-5-6-25-10-11/h3-7,10,18H,8-9H2,1-2H3. The molecule has 1 aromatic heterocycles. The van der Waals surface area contributed by atoms with Gasteiger partial charge in [-0.15, -0.1) is 0 Å². The molecule has 2 aromatic rings. The zero-order valence-corrected chi connectivity index (χ0v) is 16.5. The molecule has 10 heteroatoms. The average molecular weight is 417 g/mol. The largest absolute Gasteiger partial charge is 0.452 e. The van der Waals surface area contributed by atoms with Crippen molar-refractivity contribution in [1.82, 2.24) is 9.62 Å². The van der Waals surface area contributed by atoms with Crippen LogP contribution in [0.25, 0.3) is 0 Å². The Balaban J connectivity index is 2.03. The Morgan fingerprint density at radius 1 is 1.31 bits per heavy atom. The van der Waals surface area contributed by atoms with Gasteiger partial charge in [0.25, 0.3) is 5.91 Å². The summed E-state index contributed by atoms with van der Waals surface area (Å²) in [6.07, 6.45) is 0. The number of esters is 1. The zero-order valence-electron chi connectivity index (χ0n) is 14.1. The van der Waals surface area contributed by atoms with Crippen molar-refractivity contribution in [2.45, 2.75) is 11.4 Å². The van der Waals surface area contributed by atoms with E-state index in [9.17, 15) is 18.0 Å². The summed E-state index contributed by atoms with van der Waals surface area (Å²) in [4.78, 5) is 25.6. The van der Waals surface area contributed by atoms with E-state index in [0.29, 0.717) is 6.54 Å². The molecule has 0 bridgehead atoms. The molecular formula is C16H17ClN2O5S2. The number of carbonyl (C=O) groups excluding carboxylic acids is 2. The summed E-state index contributed by atoms with van der Waals surface area (Å²) >= 11 is 7.47. The Morgan fingerprint density at radius 2 is 2.04 bits per heavy atom. The minimum absolute atomic E-state index is 0.0316. The molecule has 1 amide bonds. The summed E-state index contributed by atoms with van der Waals surface area (Å²) in [6, 6.07) is 5.56. The van der Waals surface area contributed by atoms with Crippen LogP contribution in [0.15, 0.2) is 39.9 Å². The third kappa shape index (κ3) is 5.04. The molecule has 2 rings (SSSR count). The maximum Gasteiger partial charge on any atom is 0.340 e. The SMILES string of the molecule is CNS(=O)(=O)c1ccc(Cl)c(C(=O)OCC(=O)N(C)Cc2ccsc2)c1. The van der Waals surface area contributed by atoms with Crippen LogP contribution in [0, 0.1) is 0 Å². The first kappa shape index (κ1) is 20.4.